The van der Waals surface area contributed by atoms with Crippen LogP contribution in [0.15, 0.2) is 48.5 Å². The minimum Gasteiger partial charge on any atom is -0.246 e. The molecule has 26 heavy (non-hydrogen) atoms. The Morgan fingerprint density at radius 2 is 1.62 bits per heavy atom. The van der Waals surface area contributed by atoms with Gasteiger partial charge < -0.3 is 0 Å². The zero-order valence-electron chi connectivity index (χ0n) is 13.6. The van der Waals surface area contributed by atoms with Crippen LogP contribution in [0, 0.1) is 0 Å². The van der Waals surface area contributed by atoms with Crippen LogP contribution in [-0.2, 0) is 12.7 Å². The highest BCUT2D eigenvalue weighted by Gasteiger charge is 2.30. The summed E-state index contributed by atoms with van der Waals surface area (Å²) in [5.74, 6) is -0.262. The zero-order valence-corrected chi connectivity index (χ0v) is 13.6. The number of rotatable bonds is 4. The quantitative estimate of drug-likeness (QED) is 0.563. The van der Waals surface area contributed by atoms with E-state index in [-0.39, 0.29) is 0 Å². The molecule has 0 fully saturated rings. The Bertz CT molecular complexity index is 898. The van der Waals surface area contributed by atoms with Crippen molar-refractivity contribution in [1.82, 2.24) is 14.8 Å². The molecule has 0 bridgehead atoms. The van der Waals surface area contributed by atoms with Gasteiger partial charge in [-0.3, -0.25) is 0 Å². The fraction of sp³-hybridized carbons (Fsp3) is 0.222. The lowest BCUT2D eigenvalue weighted by Crippen LogP contribution is -2.04. The van der Waals surface area contributed by atoms with E-state index in [0.717, 1.165) is 12.1 Å². The van der Waals surface area contributed by atoms with Crippen molar-refractivity contribution in [3.05, 3.63) is 59.9 Å². The number of aryl methyl sites for hydroxylation is 1. The number of hydrogen-bond donors (Lipinski definition) is 0. The van der Waals surface area contributed by atoms with Gasteiger partial charge in [0.25, 0.3) is 6.43 Å². The van der Waals surface area contributed by atoms with E-state index in [1.807, 2.05) is 0 Å². The van der Waals surface area contributed by atoms with Crippen LogP contribution >= 0.6 is 0 Å². The summed E-state index contributed by atoms with van der Waals surface area (Å²) < 4.78 is 65.5. The molecule has 2 aromatic carbocycles. The van der Waals surface area contributed by atoms with E-state index in [1.54, 1.807) is 37.3 Å². The molecule has 0 amide bonds. The lowest BCUT2D eigenvalue weighted by molar-refractivity contribution is -0.137. The first-order valence-electron chi connectivity index (χ1n) is 7.80. The first-order valence-corrected chi connectivity index (χ1v) is 7.80. The third kappa shape index (κ3) is 3.58. The molecule has 136 valence electrons. The maximum Gasteiger partial charge on any atom is 0.416 e. The van der Waals surface area contributed by atoms with Crippen LogP contribution in [0.4, 0.5) is 22.0 Å². The molecule has 0 saturated heterocycles. The van der Waals surface area contributed by atoms with Crippen LogP contribution in [0.2, 0.25) is 0 Å². The van der Waals surface area contributed by atoms with Gasteiger partial charge in [0.1, 0.15) is 0 Å². The summed E-state index contributed by atoms with van der Waals surface area (Å²) in [6.07, 6.45) is -7.19. The maximum atomic E-state index is 12.8. The van der Waals surface area contributed by atoms with Crippen molar-refractivity contribution in [3.8, 4) is 22.5 Å². The first-order chi connectivity index (χ1) is 12.3. The highest BCUT2D eigenvalue weighted by molar-refractivity contribution is 5.68. The third-order valence-corrected chi connectivity index (χ3v) is 3.85. The molecular formula is C18H14F5N3. The molecule has 1 heterocycles. The second-order valence-corrected chi connectivity index (χ2v) is 5.57. The standard InChI is InChI=1S/C18H14F5N3/c1-2-26-17(24-16(25-26)15(19)20)12-8-6-11(7-9-12)13-4-3-5-14(10-13)18(21,22)23/h3-10,15H,2H2,1H3. The fourth-order valence-corrected chi connectivity index (χ4v) is 2.57. The highest BCUT2D eigenvalue weighted by atomic mass is 19.4. The first kappa shape index (κ1) is 18.0. The van der Waals surface area contributed by atoms with Crippen molar-refractivity contribution in [2.45, 2.75) is 26.1 Å². The summed E-state index contributed by atoms with van der Waals surface area (Å²) in [5, 5.41) is 3.75. The number of hydrogen-bond acceptors (Lipinski definition) is 2. The molecular weight excluding hydrogens is 353 g/mol. The predicted octanol–water partition coefficient (Wildman–Crippen LogP) is 5.59. The maximum absolute atomic E-state index is 12.8. The second-order valence-electron chi connectivity index (χ2n) is 5.57. The molecule has 0 aliphatic carbocycles. The number of alkyl halides is 5. The SMILES string of the molecule is CCn1nc(C(F)F)nc1-c1ccc(-c2cccc(C(F)(F)F)c2)cc1. The van der Waals surface area contributed by atoms with Gasteiger partial charge in [-0.05, 0) is 30.2 Å². The van der Waals surface area contributed by atoms with Crippen LogP contribution in [-0.4, -0.2) is 14.8 Å². The molecule has 8 heteroatoms. The van der Waals surface area contributed by atoms with E-state index >= 15 is 0 Å². The third-order valence-electron chi connectivity index (χ3n) is 3.85. The summed E-state index contributed by atoms with van der Waals surface area (Å²) in [6.45, 7) is 2.12. The average molecular weight is 367 g/mol. The largest absolute Gasteiger partial charge is 0.416 e. The van der Waals surface area contributed by atoms with Crippen molar-refractivity contribution in [3.63, 3.8) is 0 Å². The van der Waals surface area contributed by atoms with Crippen molar-refractivity contribution in [2.24, 2.45) is 0 Å². The van der Waals surface area contributed by atoms with Gasteiger partial charge in [0, 0.05) is 12.1 Å². The fourth-order valence-electron chi connectivity index (χ4n) is 2.57. The monoisotopic (exact) mass is 367 g/mol. The summed E-state index contributed by atoms with van der Waals surface area (Å²) >= 11 is 0. The Kier molecular flexibility index (Phi) is 4.76. The Morgan fingerprint density at radius 1 is 0.962 bits per heavy atom. The summed E-state index contributed by atoms with van der Waals surface area (Å²) in [7, 11) is 0. The molecule has 0 saturated carbocycles. The lowest BCUT2D eigenvalue weighted by Gasteiger charge is -2.09. The van der Waals surface area contributed by atoms with Gasteiger partial charge in [0.15, 0.2) is 5.82 Å². The molecule has 0 atom stereocenters. The molecule has 3 rings (SSSR count). The van der Waals surface area contributed by atoms with Crippen LogP contribution in [0.5, 0.6) is 0 Å². The van der Waals surface area contributed by atoms with Gasteiger partial charge in [-0.1, -0.05) is 36.4 Å². The van der Waals surface area contributed by atoms with E-state index in [0.29, 0.717) is 29.1 Å². The van der Waals surface area contributed by atoms with Gasteiger partial charge in [-0.25, -0.2) is 18.4 Å². The second kappa shape index (κ2) is 6.86. The molecule has 0 radical (unpaired) electrons. The van der Waals surface area contributed by atoms with Crippen LogP contribution in [0.25, 0.3) is 22.5 Å². The van der Waals surface area contributed by atoms with E-state index in [9.17, 15) is 22.0 Å². The number of nitrogens with zero attached hydrogens (tertiary/aromatic N) is 3. The number of benzene rings is 2. The smallest absolute Gasteiger partial charge is 0.246 e. The molecule has 0 unspecified atom stereocenters. The number of halogens is 5. The summed E-state index contributed by atoms with van der Waals surface area (Å²) in [4.78, 5) is 3.85. The van der Waals surface area contributed by atoms with Crippen molar-refractivity contribution < 1.29 is 22.0 Å². The summed E-state index contributed by atoms with van der Waals surface area (Å²) in [5.41, 5.74) is 0.821. The minimum absolute atomic E-state index is 0.290. The molecule has 3 aromatic rings. The van der Waals surface area contributed by atoms with Gasteiger partial charge in [0.05, 0.1) is 5.56 Å². The Labute approximate surface area is 146 Å². The average Bonchev–Trinajstić information content (AvgIpc) is 3.06. The van der Waals surface area contributed by atoms with Gasteiger partial charge in [-0.15, -0.1) is 5.10 Å². The lowest BCUT2D eigenvalue weighted by atomic mass is 10.0. The van der Waals surface area contributed by atoms with Crippen LogP contribution in [0.1, 0.15) is 24.7 Å². The van der Waals surface area contributed by atoms with Crippen molar-refractivity contribution in [2.75, 3.05) is 0 Å². The zero-order chi connectivity index (χ0) is 18.9. The van der Waals surface area contributed by atoms with E-state index in [2.05, 4.69) is 10.1 Å². The summed E-state index contributed by atoms with van der Waals surface area (Å²) in [6, 6.07) is 11.5. The van der Waals surface area contributed by atoms with E-state index in [1.165, 1.54) is 10.7 Å². The molecule has 0 aliphatic heterocycles. The minimum atomic E-state index is -4.42. The molecule has 3 nitrogen and oxygen atoms in total. The van der Waals surface area contributed by atoms with Gasteiger partial charge in [-0.2, -0.15) is 13.2 Å². The highest BCUT2D eigenvalue weighted by Crippen LogP contribution is 2.32. The molecule has 0 N–H and O–H groups in total. The Hall–Kier alpha value is -2.77. The van der Waals surface area contributed by atoms with Gasteiger partial charge in [0.2, 0.25) is 5.82 Å². The normalized spacial score (nSPS) is 12.0. The molecule has 1 aromatic heterocycles. The number of aromatic nitrogens is 3. The Balaban J connectivity index is 1.95. The topological polar surface area (TPSA) is 30.7 Å². The van der Waals surface area contributed by atoms with Gasteiger partial charge >= 0.3 is 6.18 Å². The van der Waals surface area contributed by atoms with Crippen LogP contribution in [0.3, 0.4) is 0 Å². The van der Waals surface area contributed by atoms with Crippen molar-refractivity contribution >= 4 is 0 Å². The van der Waals surface area contributed by atoms with E-state index in [4.69, 9.17) is 0 Å². The Morgan fingerprint density at radius 3 is 2.19 bits per heavy atom. The van der Waals surface area contributed by atoms with Crippen LogP contribution < -0.4 is 0 Å². The molecule has 0 aliphatic rings. The van der Waals surface area contributed by atoms with Crippen molar-refractivity contribution in [1.29, 1.82) is 0 Å². The molecule has 0 spiro atoms. The van der Waals surface area contributed by atoms with E-state index < -0.39 is 24.0 Å². The predicted molar refractivity (Wildman–Crippen MR) is 86.5 cm³/mol.